The summed E-state index contributed by atoms with van der Waals surface area (Å²) >= 11 is 11.8. The molecular formula is C10H9Cl2N5O2. The van der Waals surface area contributed by atoms with Crippen molar-refractivity contribution in [3.8, 4) is 0 Å². The predicted octanol–water partition coefficient (Wildman–Crippen LogP) is 2.96. The van der Waals surface area contributed by atoms with Crippen LogP contribution in [0.1, 0.15) is 0 Å². The molecule has 0 aliphatic rings. The zero-order valence-electron chi connectivity index (χ0n) is 9.72. The highest BCUT2D eigenvalue weighted by Crippen LogP contribution is 2.33. The van der Waals surface area contributed by atoms with Crippen LogP contribution in [0.2, 0.25) is 10.0 Å². The lowest BCUT2D eigenvalue weighted by Gasteiger charge is -2.09. The fourth-order valence-electron chi connectivity index (χ4n) is 1.49. The molecule has 1 aromatic heterocycles. The number of nitrogens with zero attached hydrogens (tertiary/aromatic N) is 3. The molecule has 3 N–H and O–H groups in total. The lowest BCUT2D eigenvalue weighted by atomic mass is 10.3. The van der Waals surface area contributed by atoms with Crippen LogP contribution in [-0.2, 0) is 7.05 Å². The van der Waals surface area contributed by atoms with Crippen LogP contribution in [0.4, 0.5) is 23.0 Å². The second-order valence-electron chi connectivity index (χ2n) is 3.76. The van der Waals surface area contributed by atoms with Gasteiger partial charge in [0, 0.05) is 12.7 Å². The first kappa shape index (κ1) is 13.4. The van der Waals surface area contributed by atoms with E-state index in [4.69, 9.17) is 28.9 Å². The molecule has 0 aliphatic heterocycles. The highest BCUT2D eigenvalue weighted by atomic mass is 35.5. The highest BCUT2D eigenvalue weighted by Gasteiger charge is 2.20. The van der Waals surface area contributed by atoms with Crippen LogP contribution in [0.3, 0.4) is 0 Å². The number of nitrogens with one attached hydrogen (secondary N) is 1. The summed E-state index contributed by atoms with van der Waals surface area (Å²) in [5.41, 5.74) is 6.35. The predicted molar refractivity (Wildman–Crippen MR) is 74.0 cm³/mol. The summed E-state index contributed by atoms with van der Waals surface area (Å²) in [4.78, 5) is 13.9. The molecular weight excluding hydrogens is 293 g/mol. The molecule has 0 atom stereocenters. The van der Waals surface area contributed by atoms with E-state index in [1.807, 2.05) is 0 Å². The van der Waals surface area contributed by atoms with Crippen molar-refractivity contribution in [1.82, 2.24) is 9.55 Å². The van der Waals surface area contributed by atoms with Crippen molar-refractivity contribution in [3.05, 3.63) is 38.6 Å². The summed E-state index contributed by atoms with van der Waals surface area (Å²) in [7, 11) is 1.63. The molecule has 7 nitrogen and oxygen atoms in total. The minimum absolute atomic E-state index is 0.224. The van der Waals surface area contributed by atoms with Crippen molar-refractivity contribution < 1.29 is 4.92 Å². The van der Waals surface area contributed by atoms with Gasteiger partial charge in [0.15, 0.2) is 0 Å². The number of aryl methyl sites for hydroxylation is 1. The third-order valence-corrected chi connectivity index (χ3v) is 3.06. The SMILES string of the molecule is Cn1cnc([N+](=O)[O-])c1Nc1cc(Cl)c(N)c(Cl)c1. The van der Waals surface area contributed by atoms with Crippen molar-refractivity contribution in [2.45, 2.75) is 0 Å². The first-order valence-electron chi connectivity index (χ1n) is 5.07. The van der Waals surface area contributed by atoms with Crippen LogP contribution in [0.15, 0.2) is 18.5 Å². The molecule has 0 aliphatic carbocycles. The highest BCUT2D eigenvalue weighted by molar-refractivity contribution is 6.39. The molecule has 1 heterocycles. The van der Waals surface area contributed by atoms with Crippen molar-refractivity contribution >= 4 is 46.2 Å². The number of hydrogen-bond acceptors (Lipinski definition) is 5. The number of nitrogen functional groups attached to an aromatic ring is 1. The molecule has 1 aromatic carbocycles. The normalized spacial score (nSPS) is 10.5. The van der Waals surface area contributed by atoms with Gasteiger partial charge < -0.3 is 21.2 Å². The van der Waals surface area contributed by atoms with Crippen LogP contribution in [0.5, 0.6) is 0 Å². The Hall–Kier alpha value is -1.99. The van der Waals surface area contributed by atoms with Crippen LogP contribution in [0.25, 0.3) is 0 Å². The molecule has 0 radical (unpaired) electrons. The van der Waals surface area contributed by atoms with Gasteiger partial charge in [-0.05, 0) is 22.0 Å². The average molecular weight is 302 g/mol. The molecule has 0 saturated carbocycles. The van der Waals surface area contributed by atoms with Crippen LogP contribution in [-0.4, -0.2) is 14.5 Å². The zero-order valence-corrected chi connectivity index (χ0v) is 11.2. The maximum absolute atomic E-state index is 10.8. The van der Waals surface area contributed by atoms with Crippen molar-refractivity contribution in [2.24, 2.45) is 7.05 Å². The topological polar surface area (TPSA) is 99.0 Å². The summed E-state index contributed by atoms with van der Waals surface area (Å²) in [6, 6.07) is 3.05. The number of benzene rings is 1. The number of rotatable bonds is 3. The molecule has 0 saturated heterocycles. The van der Waals surface area contributed by atoms with Gasteiger partial charge in [0.25, 0.3) is 0 Å². The van der Waals surface area contributed by atoms with E-state index in [0.717, 1.165) is 0 Å². The Morgan fingerprint density at radius 1 is 1.42 bits per heavy atom. The molecule has 0 fully saturated rings. The number of aromatic nitrogens is 2. The summed E-state index contributed by atoms with van der Waals surface area (Å²) in [6.07, 6.45) is 1.33. The van der Waals surface area contributed by atoms with E-state index in [1.165, 1.54) is 23.0 Å². The average Bonchev–Trinajstić information content (AvgIpc) is 2.68. The largest absolute Gasteiger partial charge is 0.406 e. The van der Waals surface area contributed by atoms with Gasteiger partial charge in [0.05, 0.1) is 15.7 Å². The number of hydrogen-bond donors (Lipinski definition) is 2. The standard InChI is InChI=1S/C10H9Cl2N5O2/c1-16-4-14-9(17(18)19)10(16)15-5-2-6(11)8(13)7(12)3-5/h2-4,15H,13H2,1H3. The Balaban J connectivity index is 2.42. The quantitative estimate of drug-likeness (QED) is 0.516. The zero-order chi connectivity index (χ0) is 14.2. The molecule has 0 unspecified atom stereocenters. The van der Waals surface area contributed by atoms with Crippen molar-refractivity contribution in [2.75, 3.05) is 11.1 Å². The van der Waals surface area contributed by atoms with E-state index in [9.17, 15) is 10.1 Å². The minimum atomic E-state index is -0.581. The Labute approximate surface area is 118 Å². The fourth-order valence-corrected chi connectivity index (χ4v) is 1.98. The molecule has 2 aromatic rings. The smallest absolute Gasteiger partial charge is 0.396 e. The molecule has 100 valence electrons. The van der Waals surface area contributed by atoms with E-state index in [1.54, 1.807) is 7.05 Å². The van der Waals surface area contributed by atoms with E-state index in [-0.39, 0.29) is 27.4 Å². The summed E-state index contributed by atoms with van der Waals surface area (Å²) in [5.74, 6) is -0.0616. The molecule has 2 rings (SSSR count). The van der Waals surface area contributed by atoms with Crippen LogP contribution in [0, 0.1) is 10.1 Å². The molecule has 0 bridgehead atoms. The van der Waals surface area contributed by atoms with Gasteiger partial charge >= 0.3 is 5.82 Å². The monoisotopic (exact) mass is 301 g/mol. The number of nitro groups is 1. The first-order chi connectivity index (χ1) is 8.90. The van der Waals surface area contributed by atoms with E-state index >= 15 is 0 Å². The van der Waals surface area contributed by atoms with Crippen LogP contribution < -0.4 is 11.1 Å². The summed E-state index contributed by atoms with van der Waals surface area (Å²) in [5, 5.41) is 14.2. The van der Waals surface area contributed by atoms with Crippen molar-refractivity contribution in [3.63, 3.8) is 0 Å². The van der Waals surface area contributed by atoms with Gasteiger partial charge in [-0.2, -0.15) is 0 Å². The van der Waals surface area contributed by atoms with E-state index in [0.29, 0.717) is 5.69 Å². The third-order valence-electron chi connectivity index (χ3n) is 2.43. The van der Waals surface area contributed by atoms with Gasteiger partial charge in [-0.15, -0.1) is 0 Å². The Bertz CT molecular complexity index is 632. The number of anilines is 3. The van der Waals surface area contributed by atoms with E-state index in [2.05, 4.69) is 10.3 Å². The Morgan fingerprint density at radius 3 is 2.53 bits per heavy atom. The second kappa shape index (κ2) is 4.94. The minimum Gasteiger partial charge on any atom is -0.396 e. The molecule has 9 heteroatoms. The lowest BCUT2D eigenvalue weighted by Crippen LogP contribution is -2.01. The van der Waals surface area contributed by atoms with Gasteiger partial charge in [0.1, 0.15) is 0 Å². The Kier molecular flexibility index (Phi) is 3.50. The third kappa shape index (κ3) is 2.56. The molecule has 0 spiro atoms. The fraction of sp³-hybridized carbons (Fsp3) is 0.100. The van der Waals surface area contributed by atoms with Crippen LogP contribution >= 0.6 is 23.2 Å². The van der Waals surface area contributed by atoms with Gasteiger partial charge in [-0.3, -0.25) is 4.57 Å². The Morgan fingerprint density at radius 2 is 2.00 bits per heavy atom. The maximum Gasteiger partial charge on any atom is 0.406 e. The second-order valence-corrected chi connectivity index (χ2v) is 4.58. The van der Waals surface area contributed by atoms with Gasteiger partial charge in [-0.25, -0.2) is 0 Å². The van der Waals surface area contributed by atoms with Gasteiger partial charge in [0.2, 0.25) is 12.1 Å². The maximum atomic E-state index is 10.8. The summed E-state index contributed by atoms with van der Waals surface area (Å²) in [6.45, 7) is 0. The van der Waals surface area contributed by atoms with E-state index < -0.39 is 4.92 Å². The first-order valence-corrected chi connectivity index (χ1v) is 5.83. The molecule has 0 amide bonds. The van der Waals surface area contributed by atoms with Crippen molar-refractivity contribution in [1.29, 1.82) is 0 Å². The van der Waals surface area contributed by atoms with Gasteiger partial charge in [-0.1, -0.05) is 23.2 Å². The summed E-state index contributed by atoms with van der Waals surface area (Å²) < 4.78 is 1.48. The lowest BCUT2D eigenvalue weighted by molar-refractivity contribution is -0.388. The molecule has 19 heavy (non-hydrogen) atoms. The number of halogens is 2. The number of nitrogens with two attached hydrogens (primary N) is 1. The number of imidazole rings is 1.